The van der Waals surface area contributed by atoms with Crippen LogP contribution in [0.4, 0.5) is 9.18 Å². The summed E-state index contributed by atoms with van der Waals surface area (Å²) in [6.45, 7) is -0.487. The van der Waals surface area contributed by atoms with E-state index in [9.17, 15) is 14.0 Å². The lowest BCUT2D eigenvalue weighted by molar-refractivity contribution is -0.135. The van der Waals surface area contributed by atoms with Gasteiger partial charge in [0, 0.05) is 16.6 Å². The predicted octanol–water partition coefficient (Wildman–Crippen LogP) is 1.47. The van der Waals surface area contributed by atoms with Gasteiger partial charge in [-0.2, -0.15) is 0 Å². The van der Waals surface area contributed by atoms with Crippen LogP contribution < -0.4 is 10.6 Å². The Morgan fingerprint density at radius 2 is 2.06 bits per heavy atom. The predicted molar refractivity (Wildman–Crippen MR) is 62.0 cm³/mol. The number of nitrogens with one attached hydrogen (secondary N) is 2. The molecule has 1 aromatic rings. The summed E-state index contributed by atoms with van der Waals surface area (Å²) >= 11 is 3.11. The van der Waals surface area contributed by atoms with E-state index in [1.54, 1.807) is 6.07 Å². The minimum Gasteiger partial charge on any atom is -0.480 e. The highest BCUT2D eigenvalue weighted by Gasteiger charge is 2.06. The molecule has 0 aliphatic carbocycles. The summed E-state index contributed by atoms with van der Waals surface area (Å²) in [5, 5.41) is 12.8. The van der Waals surface area contributed by atoms with Crippen molar-refractivity contribution < 1.29 is 19.1 Å². The molecule has 0 heterocycles. The van der Waals surface area contributed by atoms with Gasteiger partial charge in [-0.25, -0.2) is 9.18 Å². The Morgan fingerprint density at radius 3 is 2.65 bits per heavy atom. The Kier molecular flexibility index (Phi) is 4.89. The molecule has 17 heavy (non-hydrogen) atoms. The average molecular weight is 305 g/mol. The molecule has 0 fully saturated rings. The maximum absolute atomic E-state index is 13.3. The Labute approximate surface area is 105 Å². The smallest absolute Gasteiger partial charge is 0.323 e. The van der Waals surface area contributed by atoms with Crippen molar-refractivity contribution in [2.24, 2.45) is 0 Å². The monoisotopic (exact) mass is 304 g/mol. The van der Waals surface area contributed by atoms with Crippen molar-refractivity contribution in [1.82, 2.24) is 10.6 Å². The molecule has 0 aliphatic heterocycles. The summed E-state index contributed by atoms with van der Waals surface area (Å²) in [5.74, 6) is -1.59. The first kappa shape index (κ1) is 13.4. The summed E-state index contributed by atoms with van der Waals surface area (Å²) in [5.41, 5.74) is 0.318. The number of hydrogen-bond donors (Lipinski definition) is 3. The van der Waals surface area contributed by atoms with Gasteiger partial charge in [-0.1, -0.05) is 22.0 Å². The van der Waals surface area contributed by atoms with Crippen LogP contribution in [0.3, 0.4) is 0 Å². The zero-order valence-corrected chi connectivity index (χ0v) is 10.3. The van der Waals surface area contributed by atoms with Gasteiger partial charge in [0.15, 0.2) is 0 Å². The van der Waals surface area contributed by atoms with Gasteiger partial charge in [-0.15, -0.1) is 0 Å². The molecule has 3 N–H and O–H groups in total. The largest absolute Gasteiger partial charge is 0.480 e. The van der Waals surface area contributed by atoms with Gasteiger partial charge >= 0.3 is 12.0 Å². The van der Waals surface area contributed by atoms with Crippen molar-refractivity contribution in [2.75, 3.05) is 6.54 Å². The van der Waals surface area contributed by atoms with E-state index in [0.717, 1.165) is 0 Å². The number of halogens is 2. The number of hydrogen-bond acceptors (Lipinski definition) is 2. The van der Waals surface area contributed by atoms with E-state index in [-0.39, 0.29) is 6.54 Å². The maximum atomic E-state index is 13.3. The Hall–Kier alpha value is -1.63. The number of aliphatic carboxylic acids is 1. The number of carbonyl (C=O) groups is 2. The zero-order chi connectivity index (χ0) is 12.8. The van der Waals surface area contributed by atoms with Crippen molar-refractivity contribution >= 4 is 27.9 Å². The van der Waals surface area contributed by atoms with Gasteiger partial charge in [0.1, 0.15) is 12.4 Å². The fraction of sp³-hybridized carbons (Fsp3) is 0.200. The van der Waals surface area contributed by atoms with E-state index in [1.165, 1.54) is 12.1 Å². The van der Waals surface area contributed by atoms with Crippen LogP contribution in [-0.2, 0) is 11.3 Å². The molecule has 92 valence electrons. The molecular formula is C10H10BrFN2O3. The lowest BCUT2D eigenvalue weighted by Gasteiger charge is -2.07. The topological polar surface area (TPSA) is 78.4 Å². The first-order chi connectivity index (χ1) is 7.99. The third-order valence-electron chi connectivity index (χ3n) is 1.85. The van der Waals surface area contributed by atoms with Crippen molar-refractivity contribution in [3.05, 3.63) is 34.1 Å². The van der Waals surface area contributed by atoms with E-state index in [1.807, 2.05) is 0 Å². The van der Waals surface area contributed by atoms with E-state index < -0.39 is 24.4 Å². The van der Waals surface area contributed by atoms with Gasteiger partial charge in [0.05, 0.1) is 0 Å². The Bertz CT molecular complexity index is 440. The van der Waals surface area contributed by atoms with Gasteiger partial charge in [-0.05, 0) is 12.1 Å². The molecule has 0 aliphatic rings. The fourth-order valence-corrected chi connectivity index (χ4v) is 1.39. The molecule has 2 amide bonds. The third kappa shape index (κ3) is 4.81. The van der Waals surface area contributed by atoms with E-state index in [0.29, 0.717) is 10.0 Å². The zero-order valence-electron chi connectivity index (χ0n) is 8.67. The number of benzene rings is 1. The second-order valence-electron chi connectivity index (χ2n) is 3.17. The van der Waals surface area contributed by atoms with Crippen molar-refractivity contribution in [3.63, 3.8) is 0 Å². The molecule has 1 rings (SSSR count). The highest BCUT2D eigenvalue weighted by Crippen LogP contribution is 2.14. The molecule has 0 radical (unpaired) electrons. The number of carboxylic acids is 1. The number of rotatable bonds is 4. The van der Waals surface area contributed by atoms with Crippen LogP contribution in [0, 0.1) is 5.82 Å². The van der Waals surface area contributed by atoms with Gasteiger partial charge in [-0.3, -0.25) is 4.79 Å². The van der Waals surface area contributed by atoms with Crippen LogP contribution in [0.2, 0.25) is 0 Å². The summed E-state index contributed by atoms with van der Waals surface area (Å²) in [4.78, 5) is 21.2. The summed E-state index contributed by atoms with van der Waals surface area (Å²) in [7, 11) is 0. The summed E-state index contributed by atoms with van der Waals surface area (Å²) in [6.07, 6.45) is 0. The molecule has 1 aromatic carbocycles. The minimum atomic E-state index is -1.14. The first-order valence-corrected chi connectivity index (χ1v) is 5.46. The van der Waals surface area contributed by atoms with Crippen LogP contribution in [0.15, 0.2) is 22.7 Å². The summed E-state index contributed by atoms with van der Waals surface area (Å²) in [6, 6.07) is 3.80. The van der Waals surface area contributed by atoms with Crippen LogP contribution >= 0.6 is 15.9 Å². The first-order valence-electron chi connectivity index (χ1n) is 4.66. The number of carbonyl (C=O) groups excluding carboxylic acids is 1. The quantitative estimate of drug-likeness (QED) is 0.788. The van der Waals surface area contributed by atoms with Crippen molar-refractivity contribution in [1.29, 1.82) is 0 Å². The highest BCUT2D eigenvalue weighted by molar-refractivity contribution is 9.10. The highest BCUT2D eigenvalue weighted by atomic mass is 79.9. The van der Waals surface area contributed by atoms with Crippen molar-refractivity contribution in [2.45, 2.75) is 6.54 Å². The van der Waals surface area contributed by atoms with Gasteiger partial charge in [0.2, 0.25) is 0 Å². The molecular weight excluding hydrogens is 295 g/mol. The Balaban J connectivity index is 2.44. The molecule has 0 bridgehead atoms. The van der Waals surface area contributed by atoms with E-state index in [4.69, 9.17) is 5.11 Å². The van der Waals surface area contributed by atoms with Gasteiger partial charge in [0.25, 0.3) is 0 Å². The van der Waals surface area contributed by atoms with Crippen LogP contribution in [0.25, 0.3) is 0 Å². The molecule has 0 unspecified atom stereocenters. The standard InChI is InChI=1S/C10H10BrFN2O3/c11-7-2-1-6(8(12)3-7)4-13-10(17)14-5-9(15)16/h1-3H,4-5H2,(H,15,16)(H2,13,14,17). The van der Waals surface area contributed by atoms with Gasteiger partial charge < -0.3 is 15.7 Å². The molecule has 0 aromatic heterocycles. The molecule has 0 saturated heterocycles. The van der Waals surface area contributed by atoms with Crippen molar-refractivity contribution in [3.8, 4) is 0 Å². The van der Waals surface area contributed by atoms with Crippen LogP contribution in [-0.4, -0.2) is 23.7 Å². The van der Waals surface area contributed by atoms with Crippen LogP contribution in [0.5, 0.6) is 0 Å². The molecule has 0 spiro atoms. The fourth-order valence-electron chi connectivity index (χ4n) is 1.06. The summed E-state index contributed by atoms with van der Waals surface area (Å²) < 4.78 is 13.9. The lowest BCUT2D eigenvalue weighted by atomic mass is 10.2. The average Bonchev–Trinajstić information content (AvgIpc) is 2.25. The molecule has 5 nitrogen and oxygen atoms in total. The molecule has 7 heteroatoms. The van der Waals surface area contributed by atoms with E-state index >= 15 is 0 Å². The van der Waals surface area contributed by atoms with E-state index in [2.05, 4.69) is 26.6 Å². The third-order valence-corrected chi connectivity index (χ3v) is 2.35. The Morgan fingerprint density at radius 1 is 1.35 bits per heavy atom. The second-order valence-corrected chi connectivity index (χ2v) is 4.08. The lowest BCUT2D eigenvalue weighted by Crippen LogP contribution is -2.38. The maximum Gasteiger partial charge on any atom is 0.323 e. The molecule has 0 atom stereocenters. The minimum absolute atomic E-state index is 0.00936. The van der Waals surface area contributed by atoms with Crippen LogP contribution in [0.1, 0.15) is 5.56 Å². The second kappa shape index (κ2) is 6.19. The molecule has 0 saturated carbocycles. The number of carboxylic acid groups (broad SMARTS) is 1. The normalized spacial score (nSPS) is 9.76. The number of urea groups is 1. The SMILES string of the molecule is O=C(O)CNC(=O)NCc1ccc(Br)cc1F. The number of amides is 2.